The number of hydrogen-bond acceptors (Lipinski definition) is 3. The molecule has 1 heterocycles. The smallest absolute Gasteiger partial charge is 0.261 e. The van der Waals surface area contributed by atoms with Gasteiger partial charge < -0.3 is 5.11 Å². The number of aliphatic hydroxyl groups excluding tert-OH is 1. The van der Waals surface area contributed by atoms with Crippen molar-refractivity contribution in [2.75, 3.05) is 6.54 Å². The molecule has 0 aromatic heterocycles. The number of benzene rings is 3. The summed E-state index contributed by atoms with van der Waals surface area (Å²) in [6, 6.07) is 19.3. The van der Waals surface area contributed by atoms with Crippen molar-refractivity contribution in [3.05, 3.63) is 106 Å². The fourth-order valence-electron chi connectivity index (χ4n) is 3.73. The van der Waals surface area contributed by atoms with Crippen LogP contribution in [0.25, 0.3) is 0 Å². The molecule has 1 N–H and O–H groups in total. The highest BCUT2D eigenvalue weighted by atomic mass is 35.5. The second-order valence-corrected chi connectivity index (χ2v) is 7.36. The van der Waals surface area contributed by atoms with E-state index in [9.17, 15) is 19.1 Å². The van der Waals surface area contributed by atoms with Gasteiger partial charge in [-0.2, -0.15) is 0 Å². The topological polar surface area (TPSA) is 57.6 Å². The van der Waals surface area contributed by atoms with Gasteiger partial charge in [-0.25, -0.2) is 4.39 Å². The first-order valence-corrected chi connectivity index (χ1v) is 9.47. The summed E-state index contributed by atoms with van der Waals surface area (Å²) in [4.78, 5) is 26.4. The zero-order chi connectivity index (χ0) is 20.5. The minimum absolute atomic E-state index is 0.222. The summed E-state index contributed by atoms with van der Waals surface area (Å²) in [5.74, 6) is -2.02. The van der Waals surface area contributed by atoms with E-state index < -0.39 is 29.7 Å². The molecular weight excluding hydrogens is 393 g/mol. The molecule has 0 saturated heterocycles. The molecular formula is C23H17ClFNO3. The number of hydrogen-bond donors (Lipinski definition) is 1. The molecule has 0 fully saturated rings. The lowest BCUT2D eigenvalue weighted by Gasteiger charge is -2.27. The van der Waals surface area contributed by atoms with E-state index in [1.807, 2.05) is 0 Å². The number of aliphatic hydroxyl groups is 1. The first-order valence-electron chi connectivity index (χ1n) is 9.10. The standard InChI is InChI=1S/C23H17ClFNO3/c24-16-7-3-5-14(11-16)21(15-6-4-8-17(25)12-15)20(27)13-26-22(28)18-9-1-2-10-19(18)23(26)29/h1-12,20-21,27H,13H2. The Hall–Kier alpha value is -3.02. The molecule has 146 valence electrons. The van der Waals surface area contributed by atoms with Crippen LogP contribution in [0.1, 0.15) is 37.8 Å². The summed E-state index contributed by atoms with van der Waals surface area (Å²) in [6.07, 6.45) is -1.16. The van der Waals surface area contributed by atoms with Gasteiger partial charge in [-0.05, 0) is 47.5 Å². The molecule has 2 unspecified atom stereocenters. The Kier molecular flexibility index (Phi) is 5.18. The molecule has 2 atom stereocenters. The minimum atomic E-state index is -1.16. The third-order valence-corrected chi connectivity index (χ3v) is 5.28. The van der Waals surface area contributed by atoms with Crippen LogP contribution >= 0.6 is 11.6 Å². The van der Waals surface area contributed by atoms with Crippen LogP contribution in [0.3, 0.4) is 0 Å². The Morgan fingerprint density at radius 1 is 0.862 bits per heavy atom. The molecule has 29 heavy (non-hydrogen) atoms. The molecule has 3 aromatic carbocycles. The van der Waals surface area contributed by atoms with Crippen molar-refractivity contribution in [1.82, 2.24) is 4.90 Å². The largest absolute Gasteiger partial charge is 0.390 e. The molecule has 3 aromatic rings. The highest BCUT2D eigenvalue weighted by Crippen LogP contribution is 2.32. The van der Waals surface area contributed by atoms with Crippen molar-refractivity contribution in [2.24, 2.45) is 0 Å². The van der Waals surface area contributed by atoms with Gasteiger partial charge in [-0.1, -0.05) is 48.0 Å². The average molecular weight is 410 g/mol. The maximum atomic E-state index is 13.9. The van der Waals surface area contributed by atoms with E-state index in [0.29, 0.717) is 27.3 Å². The Labute approximate surface area is 172 Å². The number of β-amino-alcohol motifs (C(OH)–C–C–N with tert-alkyl or cyclic N) is 1. The van der Waals surface area contributed by atoms with Gasteiger partial charge in [0.05, 0.1) is 23.8 Å². The minimum Gasteiger partial charge on any atom is -0.390 e. The number of imide groups is 1. The van der Waals surface area contributed by atoms with Crippen LogP contribution in [0.2, 0.25) is 5.02 Å². The van der Waals surface area contributed by atoms with E-state index in [-0.39, 0.29) is 6.54 Å². The summed E-state index contributed by atoms with van der Waals surface area (Å²) in [7, 11) is 0. The molecule has 0 bridgehead atoms. The summed E-state index contributed by atoms with van der Waals surface area (Å²) < 4.78 is 13.9. The summed E-state index contributed by atoms with van der Waals surface area (Å²) in [5, 5.41) is 11.5. The second-order valence-electron chi connectivity index (χ2n) is 6.92. The van der Waals surface area contributed by atoms with Crippen molar-refractivity contribution in [1.29, 1.82) is 0 Å². The van der Waals surface area contributed by atoms with E-state index in [1.165, 1.54) is 12.1 Å². The van der Waals surface area contributed by atoms with Gasteiger partial charge >= 0.3 is 0 Å². The van der Waals surface area contributed by atoms with Crippen molar-refractivity contribution < 1.29 is 19.1 Å². The van der Waals surface area contributed by atoms with Crippen LogP contribution < -0.4 is 0 Å². The van der Waals surface area contributed by atoms with E-state index in [0.717, 1.165) is 4.90 Å². The zero-order valence-corrected chi connectivity index (χ0v) is 16.0. The molecule has 0 aliphatic carbocycles. The molecule has 0 spiro atoms. The van der Waals surface area contributed by atoms with Crippen LogP contribution in [0.4, 0.5) is 4.39 Å². The Balaban J connectivity index is 1.69. The highest BCUT2D eigenvalue weighted by molar-refractivity contribution is 6.30. The van der Waals surface area contributed by atoms with Gasteiger partial charge in [-0.3, -0.25) is 14.5 Å². The Morgan fingerprint density at radius 2 is 1.45 bits per heavy atom. The molecule has 4 nitrogen and oxygen atoms in total. The van der Waals surface area contributed by atoms with Crippen molar-refractivity contribution >= 4 is 23.4 Å². The predicted molar refractivity (Wildman–Crippen MR) is 108 cm³/mol. The number of amides is 2. The van der Waals surface area contributed by atoms with Gasteiger partial charge in [-0.15, -0.1) is 0 Å². The van der Waals surface area contributed by atoms with Crippen LogP contribution in [0, 0.1) is 5.82 Å². The first-order chi connectivity index (χ1) is 14.0. The van der Waals surface area contributed by atoms with E-state index in [1.54, 1.807) is 60.7 Å². The SMILES string of the molecule is O=C1c2ccccc2C(=O)N1CC(O)C(c1cccc(F)c1)c1cccc(Cl)c1. The first kappa shape index (κ1) is 19.3. The fraction of sp³-hybridized carbons (Fsp3) is 0.130. The van der Waals surface area contributed by atoms with E-state index in [4.69, 9.17) is 11.6 Å². The van der Waals surface area contributed by atoms with Crippen molar-refractivity contribution in [3.8, 4) is 0 Å². The maximum Gasteiger partial charge on any atom is 0.261 e. The van der Waals surface area contributed by atoms with Crippen LogP contribution in [0.5, 0.6) is 0 Å². The zero-order valence-electron chi connectivity index (χ0n) is 15.3. The van der Waals surface area contributed by atoms with Crippen LogP contribution in [-0.4, -0.2) is 34.5 Å². The summed E-state index contributed by atoms with van der Waals surface area (Å²) >= 11 is 6.12. The Bertz CT molecular complexity index is 1020. The molecule has 1 aliphatic rings. The quantitative estimate of drug-likeness (QED) is 0.640. The van der Waals surface area contributed by atoms with Crippen molar-refractivity contribution in [3.63, 3.8) is 0 Å². The number of carbonyl (C=O) groups is 2. The van der Waals surface area contributed by atoms with Crippen LogP contribution in [-0.2, 0) is 0 Å². The molecule has 6 heteroatoms. The molecule has 0 radical (unpaired) electrons. The van der Waals surface area contributed by atoms with E-state index in [2.05, 4.69) is 0 Å². The molecule has 1 aliphatic heterocycles. The van der Waals surface area contributed by atoms with Gasteiger partial charge in [0.2, 0.25) is 0 Å². The lowest BCUT2D eigenvalue weighted by Crippen LogP contribution is -2.39. The third kappa shape index (κ3) is 3.67. The van der Waals surface area contributed by atoms with Gasteiger partial charge in [0, 0.05) is 10.9 Å². The monoisotopic (exact) mass is 409 g/mol. The van der Waals surface area contributed by atoms with Crippen LogP contribution in [0.15, 0.2) is 72.8 Å². The highest BCUT2D eigenvalue weighted by Gasteiger charge is 2.38. The predicted octanol–water partition coefficient (Wildman–Crippen LogP) is 4.27. The lowest BCUT2D eigenvalue weighted by atomic mass is 9.86. The summed E-state index contributed by atoms with van der Waals surface area (Å²) in [6.45, 7) is -0.222. The van der Waals surface area contributed by atoms with Gasteiger partial charge in [0.1, 0.15) is 5.82 Å². The molecule has 2 amide bonds. The number of carbonyl (C=O) groups excluding carboxylic acids is 2. The fourth-order valence-corrected chi connectivity index (χ4v) is 3.93. The average Bonchev–Trinajstić information content (AvgIpc) is 2.94. The van der Waals surface area contributed by atoms with E-state index >= 15 is 0 Å². The number of nitrogens with zero attached hydrogens (tertiary/aromatic N) is 1. The maximum absolute atomic E-state index is 13.9. The number of halogens is 2. The lowest BCUT2D eigenvalue weighted by molar-refractivity contribution is 0.0522. The normalized spacial score (nSPS) is 15.3. The molecule has 4 rings (SSSR count). The summed E-state index contributed by atoms with van der Waals surface area (Å²) in [5.41, 5.74) is 1.81. The number of fused-ring (bicyclic) bond motifs is 1. The molecule has 0 saturated carbocycles. The number of rotatable bonds is 5. The van der Waals surface area contributed by atoms with Crippen molar-refractivity contribution in [2.45, 2.75) is 12.0 Å². The van der Waals surface area contributed by atoms with Gasteiger partial charge in [0.15, 0.2) is 0 Å². The third-order valence-electron chi connectivity index (χ3n) is 5.05. The van der Waals surface area contributed by atoms with Gasteiger partial charge in [0.25, 0.3) is 11.8 Å². The Morgan fingerprint density at radius 3 is 2.03 bits per heavy atom. The second kappa shape index (κ2) is 7.78.